The number of likely N-dealkylation sites (tertiary alicyclic amines) is 2. The van der Waals surface area contributed by atoms with Crippen molar-refractivity contribution < 1.29 is 14.4 Å². The smallest absolute Gasteiger partial charge is 0.246 e. The van der Waals surface area contributed by atoms with Crippen LogP contribution >= 0.6 is 11.6 Å². The fourth-order valence-electron chi connectivity index (χ4n) is 4.49. The van der Waals surface area contributed by atoms with Crippen LogP contribution in [-0.2, 0) is 20.9 Å². The van der Waals surface area contributed by atoms with Gasteiger partial charge in [0.05, 0.1) is 0 Å². The van der Waals surface area contributed by atoms with Crippen LogP contribution in [0.1, 0.15) is 31.7 Å². The van der Waals surface area contributed by atoms with E-state index in [9.17, 15) is 14.4 Å². The number of benzene rings is 1. The van der Waals surface area contributed by atoms with E-state index in [0.717, 1.165) is 19.3 Å². The molecule has 1 N–H and O–H groups in total. The number of amides is 3. The number of nitrogens with zero attached hydrogens (tertiary/aromatic N) is 6. The lowest BCUT2D eigenvalue weighted by Crippen LogP contribution is -2.45. The van der Waals surface area contributed by atoms with Gasteiger partial charge >= 0.3 is 0 Å². The molecule has 174 valence electrons. The van der Waals surface area contributed by atoms with Crippen molar-refractivity contribution in [1.82, 2.24) is 30.0 Å². The van der Waals surface area contributed by atoms with Gasteiger partial charge in [-0.3, -0.25) is 14.4 Å². The zero-order valence-electron chi connectivity index (χ0n) is 18.4. The second-order valence-corrected chi connectivity index (χ2v) is 9.08. The number of hydrogen-bond donors (Lipinski definition) is 1. The van der Waals surface area contributed by atoms with Gasteiger partial charge in [-0.05, 0) is 58.9 Å². The molecule has 4 rings (SSSR count). The van der Waals surface area contributed by atoms with Gasteiger partial charge in [0.15, 0.2) is 0 Å². The van der Waals surface area contributed by atoms with Gasteiger partial charge in [-0.25, -0.2) is 4.68 Å². The molecule has 2 fully saturated rings. The molecule has 0 bridgehead atoms. The maximum atomic E-state index is 12.8. The molecule has 10 nitrogen and oxygen atoms in total. The van der Waals surface area contributed by atoms with Crippen molar-refractivity contribution in [2.45, 2.75) is 32.7 Å². The predicted octanol–water partition coefficient (Wildman–Crippen LogP) is 1.84. The van der Waals surface area contributed by atoms with Gasteiger partial charge in [0.1, 0.15) is 12.9 Å². The topological polar surface area (TPSA) is 113 Å². The van der Waals surface area contributed by atoms with Crippen molar-refractivity contribution in [2.75, 3.05) is 31.5 Å². The van der Waals surface area contributed by atoms with Crippen molar-refractivity contribution in [2.24, 2.45) is 5.41 Å². The number of halogens is 1. The summed E-state index contributed by atoms with van der Waals surface area (Å²) in [5.74, 6) is -0.265. The van der Waals surface area contributed by atoms with Crippen molar-refractivity contribution in [3.05, 3.63) is 41.2 Å². The summed E-state index contributed by atoms with van der Waals surface area (Å²) in [6.45, 7) is 4.28. The van der Waals surface area contributed by atoms with E-state index in [4.69, 9.17) is 11.6 Å². The van der Waals surface area contributed by atoms with E-state index < -0.39 is 0 Å². The Hall–Kier alpha value is -3.27. The Morgan fingerprint density at radius 1 is 1.15 bits per heavy atom. The number of carbonyl (C=O) groups excluding carboxylic acids is 3. The lowest BCUT2D eigenvalue weighted by atomic mass is 9.78. The SMILES string of the molecule is CC(=O)Nc1cc(Cl)ccc1C=CC(=O)N1CCC2(CCN(C(=O)Cn3cnnn3)CC2)C1. The first-order valence-electron chi connectivity index (χ1n) is 10.9. The largest absolute Gasteiger partial charge is 0.341 e. The lowest BCUT2D eigenvalue weighted by molar-refractivity contribution is -0.134. The van der Waals surface area contributed by atoms with Crippen LogP contribution in [0.25, 0.3) is 6.08 Å². The molecule has 1 aromatic carbocycles. The van der Waals surface area contributed by atoms with Crippen LogP contribution in [0, 0.1) is 5.41 Å². The number of nitrogens with one attached hydrogen (secondary N) is 1. The number of rotatable bonds is 5. The molecular formula is C22H26ClN7O3. The van der Waals surface area contributed by atoms with Gasteiger partial charge < -0.3 is 15.1 Å². The van der Waals surface area contributed by atoms with Crippen LogP contribution in [0.3, 0.4) is 0 Å². The van der Waals surface area contributed by atoms with E-state index >= 15 is 0 Å². The number of hydrogen-bond acceptors (Lipinski definition) is 6. The molecule has 33 heavy (non-hydrogen) atoms. The molecular weight excluding hydrogens is 446 g/mol. The Morgan fingerprint density at radius 2 is 1.88 bits per heavy atom. The van der Waals surface area contributed by atoms with Crippen molar-refractivity contribution in [1.29, 1.82) is 0 Å². The Morgan fingerprint density at radius 3 is 2.55 bits per heavy atom. The van der Waals surface area contributed by atoms with Crippen molar-refractivity contribution in [3.63, 3.8) is 0 Å². The van der Waals surface area contributed by atoms with Gasteiger partial charge in [0, 0.05) is 49.9 Å². The average Bonchev–Trinajstić information content (AvgIpc) is 3.43. The Bertz CT molecular complexity index is 1060. The molecule has 3 amide bonds. The van der Waals surface area contributed by atoms with Crippen LogP contribution in [0.15, 0.2) is 30.6 Å². The van der Waals surface area contributed by atoms with Gasteiger partial charge in [-0.2, -0.15) is 0 Å². The molecule has 0 atom stereocenters. The fourth-order valence-corrected chi connectivity index (χ4v) is 4.66. The normalized spacial score (nSPS) is 17.6. The first-order valence-corrected chi connectivity index (χ1v) is 11.2. The third-order valence-electron chi connectivity index (χ3n) is 6.35. The molecule has 0 aliphatic carbocycles. The molecule has 1 spiro atoms. The highest BCUT2D eigenvalue weighted by Crippen LogP contribution is 2.40. The van der Waals surface area contributed by atoms with Crippen molar-refractivity contribution >= 4 is 41.1 Å². The minimum Gasteiger partial charge on any atom is -0.341 e. The van der Waals surface area contributed by atoms with Gasteiger partial charge in [-0.1, -0.05) is 17.7 Å². The van der Waals surface area contributed by atoms with Gasteiger partial charge in [-0.15, -0.1) is 5.10 Å². The Labute approximate surface area is 196 Å². The van der Waals surface area contributed by atoms with E-state index in [1.54, 1.807) is 30.4 Å². The van der Waals surface area contributed by atoms with E-state index in [1.165, 1.54) is 17.9 Å². The Balaban J connectivity index is 1.32. The average molecular weight is 472 g/mol. The number of aromatic nitrogens is 4. The number of carbonyl (C=O) groups is 3. The lowest BCUT2D eigenvalue weighted by Gasteiger charge is -2.39. The van der Waals surface area contributed by atoms with Crippen LogP contribution in [0.4, 0.5) is 5.69 Å². The summed E-state index contributed by atoms with van der Waals surface area (Å²) in [6.07, 6.45) is 7.34. The van der Waals surface area contributed by atoms with E-state index in [1.807, 2.05) is 9.80 Å². The standard InChI is InChI=1S/C22H26ClN7O3/c1-16(31)25-19-12-18(23)4-2-17(19)3-5-20(32)29-11-8-22(14-29)6-9-28(10-7-22)21(33)13-30-15-24-26-27-30/h2-5,12,15H,6-11,13-14H2,1H3,(H,25,31). The van der Waals surface area contributed by atoms with Gasteiger partial charge in [0.2, 0.25) is 17.7 Å². The third-order valence-corrected chi connectivity index (χ3v) is 6.58. The fraction of sp³-hybridized carbons (Fsp3) is 0.455. The van der Waals surface area contributed by atoms with Crippen LogP contribution in [0.5, 0.6) is 0 Å². The molecule has 0 unspecified atom stereocenters. The van der Waals surface area contributed by atoms with Gasteiger partial charge in [0.25, 0.3) is 0 Å². The highest BCUT2D eigenvalue weighted by Gasteiger charge is 2.42. The summed E-state index contributed by atoms with van der Waals surface area (Å²) in [7, 11) is 0. The van der Waals surface area contributed by atoms with Crippen LogP contribution in [0.2, 0.25) is 5.02 Å². The maximum Gasteiger partial charge on any atom is 0.246 e. The first-order chi connectivity index (χ1) is 15.8. The molecule has 2 aliphatic heterocycles. The molecule has 2 saturated heterocycles. The molecule has 2 aromatic rings. The highest BCUT2D eigenvalue weighted by molar-refractivity contribution is 6.31. The highest BCUT2D eigenvalue weighted by atomic mass is 35.5. The van der Waals surface area contributed by atoms with Crippen molar-refractivity contribution in [3.8, 4) is 0 Å². The van der Waals surface area contributed by atoms with E-state index in [-0.39, 0.29) is 29.7 Å². The molecule has 11 heteroatoms. The maximum absolute atomic E-state index is 12.8. The van der Waals surface area contributed by atoms with Crippen LogP contribution < -0.4 is 5.32 Å². The third kappa shape index (κ3) is 5.57. The summed E-state index contributed by atoms with van der Waals surface area (Å²) in [6, 6.07) is 5.15. The number of piperidine rings is 1. The quantitative estimate of drug-likeness (QED) is 0.665. The minimum atomic E-state index is -0.206. The monoisotopic (exact) mass is 471 g/mol. The molecule has 3 heterocycles. The molecule has 0 radical (unpaired) electrons. The molecule has 1 aromatic heterocycles. The van der Waals surface area contributed by atoms with Crippen LogP contribution in [-0.4, -0.2) is 73.9 Å². The second-order valence-electron chi connectivity index (χ2n) is 8.64. The zero-order chi connectivity index (χ0) is 23.4. The Kier molecular flexibility index (Phi) is 6.73. The van der Waals surface area contributed by atoms with E-state index in [0.29, 0.717) is 42.5 Å². The number of anilines is 1. The first kappa shape index (κ1) is 22.9. The summed E-state index contributed by atoms with van der Waals surface area (Å²) in [4.78, 5) is 40.5. The summed E-state index contributed by atoms with van der Waals surface area (Å²) in [5.41, 5.74) is 1.33. The second kappa shape index (κ2) is 9.70. The van der Waals surface area contributed by atoms with E-state index in [2.05, 4.69) is 20.8 Å². The number of tetrazole rings is 1. The minimum absolute atomic E-state index is 0.00366. The molecule has 0 saturated carbocycles. The molecule has 2 aliphatic rings. The summed E-state index contributed by atoms with van der Waals surface area (Å²) in [5, 5.41) is 14.1. The summed E-state index contributed by atoms with van der Waals surface area (Å²) < 4.78 is 1.42. The summed E-state index contributed by atoms with van der Waals surface area (Å²) >= 11 is 6.03. The predicted molar refractivity (Wildman–Crippen MR) is 122 cm³/mol. The zero-order valence-corrected chi connectivity index (χ0v) is 19.2.